The Morgan fingerprint density at radius 3 is 2.81 bits per heavy atom. The molecule has 2 rings (SSSR count). The molecule has 0 amide bonds. The highest BCUT2D eigenvalue weighted by atomic mass is 79.9. The summed E-state index contributed by atoms with van der Waals surface area (Å²) in [5.41, 5.74) is -0.373. The lowest BCUT2D eigenvalue weighted by Crippen LogP contribution is -2.32. The van der Waals surface area contributed by atoms with E-state index in [4.69, 9.17) is 0 Å². The lowest BCUT2D eigenvalue weighted by molar-refractivity contribution is -0.149. The third-order valence-corrected chi connectivity index (χ3v) is 4.16. The summed E-state index contributed by atoms with van der Waals surface area (Å²) in [6.07, 6.45) is 0.437. The third-order valence-electron chi connectivity index (χ3n) is 3.50. The number of carboxylic acids is 1. The maximum atomic E-state index is 13.2. The summed E-state index contributed by atoms with van der Waals surface area (Å²) >= 11 is 3.26. The molecule has 0 saturated carbocycles. The molecule has 1 aromatic carbocycles. The summed E-state index contributed by atoms with van der Waals surface area (Å²) in [4.78, 5) is 11.4. The van der Waals surface area contributed by atoms with E-state index >= 15 is 0 Å². The molecular formula is C13H14BrFN4O2. The van der Waals surface area contributed by atoms with Gasteiger partial charge in [-0.2, -0.15) is 0 Å². The molecule has 1 atom stereocenters. The van der Waals surface area contributed by atoms with Crippen molar-refractivity contribution in [1.29, 1.82) is 0 Å². The van der Waals surface area contributed by atoms with Crippen LogP contribution in [0.3, 0.4) is 0 Å². The van der Waals surface area contributed by atoms with Crippen LogP contribution in [-0.2, 0) is 11.3 Å². The predicted octanol–water partition coefficient (Wildman–Crippen LogP) is 2.74. The van der Waals surface area contributed by atoms with Crippen molar-refractivity contribution in [3.8, 4) is 11.4 Å². The van der Waals surface area contributed by atoms with Crippen LogP contribution in [0.2, 0.25) is 0 Å². The minimum Gasteiger partial charge on any atom is -0.481 e. The van der Waals surface area contributed by atoms with Crippen LogP contribution in [0.4, 0.5) is 4.39 Å². The fourth-order valence-electron chi connectivity index (χ4n) is 1.84. The molecule has 0 bridgehead atoms. The van der Waals surface area contributed by atoms with Gasteiger partial charge in [0.2, 0.25) is 0 Å². The third kappa shape index (κ3) is 3.10. The Balaban J connectivity index is 2.41. The van der Waals surface area contributed by atoms with Gasteiger partial charge >= 0.3 is 5.97 Å². The normalized spacial score (nSPS) is 13.9. The van der Waals surface area contributed by atoms with E-state index in [1.54, 1.807) is 19.9 Å². The van der Waals surface area contributed by atoms with E-state index in [1.165, 1.54) is 16.8 Å². The second kappa shape index (κ2) is 5.88. The number of carbonyl (C=O) groups is 1. The summed E-state index contributed by atoms with van der Waals surface area (Å²) in [6, 6.07) is 4.16. The van der Waals surface area contributed by atoms with Crippen LogP contribution in [-0.4, -0.2) is 31.3 Å². The van der Waals surface area contributed by atoms with E-state index in [0.29, 0.717) is 22.3 Å². The van der Waals surface area contributed by atoms with Gasteiger partial charge in [0.1, 0.15) is 5.82 Å². The van der Waals surface area contributed by atoms with E-state index in [9.17, 15) is 14.3 Å². The molecule has 0 radical (unpaired) electrons. The first-order chi connectivity index (χ1) is 9.87. The maximum absolute atomic E-state index is 13.2. The average molecular weight is 357 g/mol. The van der Waals surface area contributed by atoms with Crippen molar-refractivity contribution in [1.82, 2.24) is 20.2 Å². The van der Waals surface area contributed by atoms with Gasteiger partial charge in [-0.25, -0.2) is 9.07 Å². The van der Waals surface area contributed by atoms with Crippen molar-refractivity contribution >= 4 is 21.9 Å². The van der Waals surface area contributed by atoms with Gasteiger partial charge in [-0.1, -0.05) is 6.92 Å². The second-order valence-electron chi connectivity index (χ2n) is 5.00. The summed E-state index contributed by atoms with van der Waals surface area (Å²) in [5.74, 6) is -0.902. The highest BCUT2D eigenvalue weighted by Gasteiger charge is 2.33. The minimum absolute atomic E-state index is 0.130. The van der Waals surface area contributed by atoms with Crippen LogP contribution in [0.1, 0.15) is 20.3 Å². The molecule has 0 aliphatic rings. The molecule has 6 nitrogen and oxygen atoms in total. The lowest BCUT2D eigenvalue weighted by Gasteiger charge is -2.22. The fraction of sp³-hybridized carbons (Fsp3) is 0.385. The Morgan fingerprint density at radius 2 is 2.24 bits per heavy atom. The van der Waals surface area contributed by atoms with Gasteiger partial charge in [-0.3, -0.25) is 4.79 Å². The van der Waals surface area contributed by atoms with Gasteiger partial charge in [-0.15, -0.1) is 5.10 Å². The van der Waals surface area contributed by atoms with E-state index in [0.717, 1.165) is 0 Å². The van der Waals surface area contributed by atoms with Crippen molar-refractivity contribution in [3.05, 3.63) is 28.5 Å². The minimum atomic E-state index is -0.976. The van der Waals surface area contributed by atoms with Crippen LogP contribution in [0, 0.1) is 11.2 Å². The van der Waals surface area contributed by atoms with E-state index in [-0.39, 0.29) is 12.4 Å². The number of carboxylic acid groups (broad SMARTS) is 1. The van der Waals surface area contributed by atoms with Crippen LogP contribution >= 0.6 is 15.9 Å². The van der Waals surface area contributed by atoms with Crippen LogP contribution in [0.25, 0.3) is 11.4 Å². The zero-order valence-corrected chi connectivity index (χ0v) is 13.1. The smallest absolute Gasteiger partial charge is 0.311 e. The molecule has 0 aliphatic carbocycles. The van der Waals surface area contributed by atoms with E-state index < -0.39 is 11.4 Å². The number of benzene rings is 1. The number of hydrogen-bond donors (Lipinski definition) is 1. The Bertz CT molecular complexity index is 676. The molecule has 1 unspecified atom stereocenters. The highest BCUT2D eigenvalue weighted by Crippen LogP contribution is 2.30. The Morgan fingerprint density at radius 1 is 1.52 bits per heavy atom. The molecule has 0 saturated heterocycles. The number of hydrogen-bond acceptors (Lipinski definition) is 4. The number of rotatable bonds is 5. The van der Waals surface area contributed by atoms with Crippen molar-refractivity contribution < 1.29 is 14.3 Å². The number of aliphatic carboxylic acids is 1. The molecule has 2 aromatic rings. The Kier molecular flexibility index (Phi) is 4.36. The number of aromatic nitrogens is 4. The number of nitrogens with zero attached hydrogens (tertiary/aromatic N) is 4. The van der Waals surface area contributed by atoms with Crippen molar-refractivity contribution in [2.75, 3.05) is 0 Å². The van der Waals surface area contributed by atoms with Crippen LogP contribution < -0.4 is 0 Å². The Labute approximate surface area is 129 Å². The molecular weight excluding hydrogens is 343 g/mol. The van der Waals surface area contributed by atoms with E-state index in [2.05, 4.69) is 31.5 Å². The fourth-order valence-corrected chi connectivity index (χ4v) is 2.36. The molecule has 0 fully saturated rings. The van der Waals surface area contributed by atoms with Crippen molar-refractivity contribution in [2.24, 2.45) is 5.41 Å². The first-order valence-corrected chi connectivity index (χ1v) is 7.11. The quantitative estimate of drug-likeness (QED) is 0.890. The second-order valence-corrected chi connectivity index (χ2v) is 5.86. The Hall–Kier alpha value is -1.83. The van der Waals surface area contributed by atoms with Gasteiger partial charge in [0.25, 0.3) is 0 Å². The van der Waals surface area contributed by atoms with E-state index in [1.807, 2.05) is 0 Å². The highest BCUT2D eigenvalue weighted by molar-refractivity contribution is 9.10. The number of halogens is 2. The van der Waals surface area contributed by atoms with Crippen LogP contribution in [0.5, 0.6) is 0 Å². The maximum Gasteiger partial charge on any atom is 0.311 e. The standard InChI is InChI=1S/C13H14BrFN4O2/c1-3-13(2,12(20)21)7-19-11(16-17-18-19)9-5-4-8(15)6-10(9)14/h4-6H,3,7H2,1-2H3,(H,20,21). The summed E-state index contributed by atoms with van der Waals surface area (Å²) in [5, 5.41) is 20.7. The average Bonchev–Trinajstić information content (AvgIpc) is 2.86. The predicted molar refractivity (Wildman–Crippen MR) is 76.9 cm³/mol. The zero-order chi connectivity index (χ0) is 15.6. The summed E-state index contributed by atoms with van der Waals surface area (Å²) < 4.78 is 15.1. The summed E-state index contributed by atoms with van der Waals surface area (Å²) in [6.45, 7) is 3.57. The monoisotopic (exact) mass is 356 g/mol. The van der Waals surface area contributed by atoms with Crippen LogP contribution in [0.15, 0.2) is 22.7 Å². The molecule has 1 aromatic heterocycles. The zero-order valence-electron chi connectivity index (χ0n) is 11.5. The first-order valence-electron chi connectivity index (χ1n) is 6.32. The van der Waals surface area contributed by atoms with Gasteiger partial charge in [-0.05, 0) is 57.9 Å². The van der Waals surface area contributed by atoms with Gasteiger partial charge < -0.3 is 5.11 Å². The topological polar surface area (TPSA) is 80.9 Å². The first kappa shape index (κ1) is 15.6. The molecule has 0 aliphatic heterocycles. The van der Waals surface area contributed by atoms with Gasteiger partial charge in [0.15, 0.2) is 5.82 Å². The summed E-state index contributed by atoms with van der Waals surface area (Å²) in [7, 11) is 0. The molecule has 1 heterocycles. The largest absolute Gasteiger partial charge is 0.481 e. The van der Waals surface area contributed by atoms with Gasteiger partial charge in [0, 0.05) is 10.0 Å². The SMILES string of the molecule is CCC(C)(Cn1nnnc1-c1ccc(F)cc1Br)C(=O)O. The molecule has 21 heavy (non-hydrogen) atoms. The van der Waals surface area contributed by atoms with Gasteiger partial charge in [0.05, 0.1) is 12.0 Å². The molecule has 0 spiro atoms. The lowest BCUT2D eigenvalue weighted by atomic mass is 9.88. The van der Waals surface area contributed by atoms with Crippen molar-refractivity contribution in [2.45, 2.75) is 26.8 Å². The number of tetrazole rings is 1. The molecule has 112 valence electrons. The molecule has 8 heteroatoms. The van der Waals surface area contributed by atoms with Crippen molar-refractivity contribution in [3.63, 3.8) is 0 Å². The molecule has 1 N–H and O–H groups in total.